The number of aryl methyl sites for hydroxylation is 2. The van der Waals surface area contributed by atoms with E-state index in [9.17, 15) is 4.79 Å². The third-order valence-electron chi connectivity index (χ3n) is 3.34. The Balaban J connectivity index is 1.75. The number of hydrogen-bond acceptors (Lipinski definition) is 7. The largest absolute Gasteiger partial charge is 0.382 e. The first-order valence-corrected chi connectivity index (χ1v) is 9.24. The summed E-state index contributed by atoms with van der Waals surface area (Å²) in [7, 11) is 0. The Bertz CT molecular complexity index is 925. The lowest BCUT2D eigenvalue weighted by atomic mass is 10.3. The number of amides is 1. The van der Waals surface area contributed by atoms with Gasteiger partial charge in [0.05, 0.1) is 10.7 Å². The molecule has 0 aliphatic rings. The van der Waals surface area contributed by atoms with Crippen LogP contribution in [0.5, 0.6) is 0 Å². The summed E-state index contributed by atoms with van der Waals surface area (Å²) in [6, 6.07) is 5.29. The van der Waals surface area contributed by atoms with Crippen molar-refractivity contribution < 1.29 is 4.79 Å². The molecule has 0 bridgehead atoms. The van der Waals surface area contributed by atoms with Gasteiger partial charge in [0.2, 0.25) is 0 Å². The summed E-state index contributed by atoms with van der Waals surface area (Å²) in [6.45, 7) is 4.02. The van der Waals surface area contributed by atoms with Gasteiger partial charge in [0.25, 0.3) is 5.91 Å². The summed E-state index contributed by atoms with van der Waals surface area (Å²) in [5, 5.41) is 3.24. The van der Waals surface area contributed by atoms with Gasteiger partial charge in [-0.2, -0.15) is 0 Å². The van der Waals surface area contributed by atoms with Crippen molar-refractivity contribution in [3.8, 4) is 0 Å². The Hall–Kier alpha value is -2.16. The van der Waals surface area contributed by atoms with Crippen molar-refractivity contribution in [3.63, 3.8) is 0 Å². The van der Waals surface area contributed by atoms with Crippen LogP contribution < -0.4 is 11.1 Å². The Morgan fingerprint density at radius 1 is 1.28 bits per heavy atom. The van der Waals surface area contributed by atoms with Gasteiger partial charge in [-0.05, 0) is 32.0 Å². The Kier molecular flexibility index (Phi) is 5.22. The van der Waals surface area contributed by atoms with Crippen LogP contribution in [0.25, 0.3) is 0 Å². The molecule has 0 aliphatic carbocycles. The topological polar surface area (TPSA) is 93.8 Å². The SMILES string of the molecule is Cc1nc(Sc2ccc(NC(=O)c3nccnc3N)cc2Cl)sc1C. The number of thiazole rings is 1. The minimum Gasteiger partial charge on any atom is -0.382 e. The third kappa shape index (κ3) is 4.09. The zero-order chi connectivity index (χ0) is 18.0. The van der Waals surface area contributed by atoms with Crippen LogP contribution in [0.3, 0.4) is 0 Å². The maximum atomic E-state index is 12.2. The predicted molar refractivity (Wildman–Crippen MR) is 102 cm³/mol. The lowest BCUT2D eigenvalue weighted by Gasteiger charge is -2.08. The van der Waals surface area contributed by atoms with E-state index in [1.165, 1.54) is 29.0 Å². The number of rotatable bonds is 4. The van der Waals surface area contributed by atoms with Gasteiger partial charge in [0.15, 0.2) is 15.9 Å². The number of nitrogens with zero attached hydrogens (tertiary/aromatic N) is 3. The summed E-state index contributed by atoms with van der Waals surface area (Å²) in [5.74, 6) is -0.360. The first kappa shape index (κ1) is 17.7. The van der Waals surface area contributed by atoms with Crippen LogP contribution in [-0.4, -0.2) is 20.9 Å². The molecule has 6 nitrogen and oxygen atoms in total. The molecule has 128 valence electrons. The van der Waals surface area contributed by atoms with E-state index in [4.69, 9.17) is 17.3 Å². The number of carbonyl (C=O) groups is 1. The van der Waals surface area contributed by atoms with E-state index < -0.39 is 5.91 Å². The highest BCUT2D eigenvalue weighted by atomic mass is 35.5. The molecule has 2 aromatic heterocycles. The van der Waals surface area contributed by atoms with Gasteiger partial charge in [0.1, 0.15) is 0 Å². The molecule has 0 spiro atoms. The standard InChI is InChI=1S/C16H14ClN5OS2/c1-8-9(2)24-16(21-8)25-12-4-3-10(7-11(12)17)22-15(23)13-14(18)20-6-5-19-13/h3-7H,1-2H3,(H2,18,20)(H,22,23). The number of benzene rings is 1. The molecule has 3 aromatic rings. The number of anilines is 2. The first-order valence-electron chi connectivity index (χ1n) is 7.23. The molecule has 0 saturated heterocycles. The molecule has 0 fully saturated rings. The normalized spacial score (nSPS) is 10.7. The van der Waals surface area contributed by atoms with E-state index in [1.807, 2.05) is 19.9 Å². The van der Waals surface area contributed by atoms with Crippen LogP contribution in [0.2, 0.25) is 5.02 Å². The van der Waals surface area contributed by atoms with Crippen molar-refractivity contribution in [1.82, 2.24) is 15.0 Å². The molecule has 0 aliphatic heterocycles. The fourth-order valence-electron chi connectivity index (χ4n) is 1.96. The van der Waals surface area contributed by atoms with Crippen LogP contribution in [0.1, 0.15) is 21.1 Å². The van der Waals surface area contributed by atoms with Gasteiger partial charge < -0.3 is 11.1 Å². The van der Waals surface area contributed by atoms with Gasteiger partial charge in [-0.15, -0.1) is 11.3 Å². The van der Waals surface area contributed by atoms with Crippen LogP contribution in [0.15, 0.2) is 39.8 Å². The first-order chi connectivity index (χ1) is 11.9. The van der Waals surface area contributed by atoms with Gasteiger partial charge in [-0.3, -0.25) is 4.79 Å². The summed E-state index contributed by atoms with van der Waals surface area (Å²) in [4.78, 5) is 26.5. The molecular weight excluding hydrogens is 378 g/mol. The van der Waals surface area contributed by atoms with Gasteiger partial charge in [-0.25, -0.2) is 15.0 Å². The molecular formula is C16H14ClN5OS2. The van der Waals surface area contributed by atoms with Crippen LogP contribution >= 0.6 is 34.7 Å². The number of carbonyl (C=O) groups excluding carboxylic acids is 1. The second kappa shape index (κ2) is 7.38. The molecule has 1 aromatic carbocycles. The van der Waals surface area contributed by atoms with E-state index in [0.717, 1.165) is 14.9 Å². The van der Waals surface area contributed by atoms with Crippen molar-refractivity contribution in [1.29, 1.82) is 0 Å². The van der Waals surface area contributed by atoms with Crippen LogP contribution in [-0.2, 0) is 0 Å². The minimum absolute atomic E-state index is 0.0748. The van der Waals surface area contributed by atoms with E-state index >= 15 is 0 Å². The van der Waals surface area contributed by atoms with E-state index in [0.29, 0.717) is 10.7 Å². The fourth-order valence-corrected chi connectivity index (χ4v) is 4.36. The highest BCUT2D eigenvalue weighted by Gasteiger charge is 2.14. The highest BCUT2D eigenvalue weighted by molar-refractivity contribution is 8.01. The molecule has 0 atom stereocenters. The van der Waals surface area contributed by atoms with Gasteiger partial charge in [0, 0.05) is 27.9 Å². The van der Waals surface area contributed by atoms with Gasteiger partial charge >= 0.3 is 0 Å². The van der Waals surface area contributed by atoms with E-state index in [-0.39, 0.29) is 11.5 Å². The monoisotopic (exact) mass is 391 g/mol. The molecule has 0 unspecified atom stereocenters. The average Bonchev–Trinajstić information content (AvgIpc) is 2.88. The Labute approximate surface area is 157 Å². The van der Waals surface area contributed by atoms with Crippen molar-refractivity contribution >= 4 is 52.1 Å². The maximum Gasteiger partial charge on any atom is 0.278 e. The lowest BCUT2D eigenvalue weighted by Crippen LogP contribution is -2.16. The molecule has 9 heteroatoms. The van der Waals surface area contributed by atoms with Crippen LogP contribution in [0, 0.1) is 13.8 Å². The van der Waals surface area contributed by atoms with Gasteiger partial charge in [-0.1, -0.05) is 23.4 Å². The Morgan fingerprint density at radius 3 is 2.68 bits per heavy atom. The molecule has 3 N–H and O–H groups in total. The second-order valence-corrected chi connectivity index (χ2v) is 8.01. The Morgan fingerprint density at radius 2 is 2.04 bits per heavy atom. The quantitative estimate of drug-likeness (QED) is 0.692. The summed E-state index contributed by atoms with van der Waals surface area (Å²) < 4.78 is 0.931. The fraction of sp³-hybridized carbons (Fsp3) is 0.125. The van der Waals surface area contributed by atoms with Crippen LogP contribution in [0.4, 0.5) is 11.5 Å². The molecule has 0 saturated carbocycles. The molecule has 2 heterocycles. The average molecular weight is 392 g/mol. The number of hydrogen-bond donors (Lipinski definition) is 2. The predicted octanol–water partition coefficient (Wildman–Crippen LogP) is 4.19. The van der Waals surface area contributed by atoms with Crippen molar-refractivity contribution in [2.45, 2.75) is 23.1 Å². The number of halogens is 1. The van der Waals surface area contributed by atoms with Crippen molar-refractivity contribution in [2.75, 3.05) is 11.1 Å². The molecule has 3 rings (SSSR count). The third-order valence-corrected chi connectivity index (χ3v) is 5.97. The summed E-state index contributed by atoms with van der Waals surface area (Å²) in [5.41, 5.74) is 7.31. The zero-order valence-corrected chi connectivity index (χ0v) is 15.8. The minimum atomic E-state index is -0.437. The number of nitrogens with two attached hydrogens (primary N) is 1. The van der Waals surface area contributed by atoms with E-state index in [1.54, 1.807) is 23.5 Å². The van der Waals surface area contributed by atoms with Crippen molar-refractivity contribution in [3.05, 3.63) is 51.9 Å². The van der Waals surface area contributed by atoms with E-state index in [2.05, 4.69) is 20.3 Å². The maximum absolute atomic E-state index is 12.2. The summed E-state index contributed by atoms with van der Waals surface area (Å²) >= 11 is 9.46. The smallest absolute Gasteiger partial charge is 0.278 e. The lowest BCUT2D eigenvalue weighted by molar-refractivity contribution is 0.102. The molecule has 0 radical (unpaired) electrons. The number of nitrogens with one attached hydrogen (secondary N) is 1. The molecule has 25 heavy (non-hydrogen) atoms. The van der Waals surface area contributed by atoms with Crippen molar-refractivity contribution in [2.24, 2.45) is 0 Å². The number of nitrogen functional groups attached to an aromatic ring is 1. The number of aromatic nitrogens is 3. The zero-order valence-electron chi connectivity index (χ0n) is 13.4. The highest BCUT2D eigenvalue weighted by Crippen LogP contribution is 2.37. The second-order valence-electron chi connectivity index (χ2n) is 5.11. The molecule has 1 amide bonds. The summed E-state index contributed by atoms with van der Waals surface area (Å²) in [6.07, 6.45) is 2.84.